The summed E-state index contributed by atoms with van der Waals surface area (Å²) < 4.78 is 11.9. The van der Waals surface area contributed by atoms with Crippen molar-refractivity contribution in [3.05, 3.63) is 76.5 Å². The zero-order valence-corrected chi connectivity index (χ0v) is 16.0. The summed E-state index contributed by atoms with van der Waals surface area (Å²) in [5.74, 6) is 0.451. The molecule has 0 saturated carbocycles. The minimum atomic E-state index is -0.416. The van der Waals surface area contributed by atoms with Gasteiger partial charge in [-0.3, -0.25) is 4.79 Å². The van der Waals surface area contributed by atoms with Crippen molar-refractivity contribution in [1.29, 1.82) is 0 Å². The number of ether oxygens (including phenoxy) is 1. The van der Waals surface area contributed by atoms with Crippen LogP contribution in [0.25, 0.3) is 21.7 Å². The molecule has 1 amide bonds. The number of hydrazone groups is 1. The van der Waals surface area contributed by atoms with E-state index in [4.69, 9.17) is 9.15 Å². The predicted molar refractivity (Wildman–Crippen MR) is 109 cm³/mol. The van der Waals surface area contributed by atoms with Crippen LogP contribution < -0.4 is 10.2 Å². The molecule has 134 valence electrons. The smallest absolute Gasteiger partial charge is 0.307 e. The van der Waals surface area contributed by atoms with Crippen LogP contribution in [0.4, 0.5) is 0 Å². The van der Waals surface area contributed by atoms with Gasteiger partial charge in [-0.15, -0.1) is 0 Å². The molecule has 6 heteroatoms. The zero-order chi connectivity index (χ0) is 18.8. The molecule has 4 rings (SSSR count). The van der Waals surface area contributed by atoms with E-state index in [0.717, 1.165) is 26.2 Å². The monoisotopic (exact) mass is 422 g/mol. The van der Waals surface area contributed by atoms with Gasteiger partial charge in [0.2, 0.25) is 0 Å². The molecule has 1 heterocycles. The van der Waals surface area contributed by atoms with E-state index in [-0.39, 0.29) is 5.76 Å². The van der Waals surface area contributed by atoms with E-state index in [1.54, 1.807) is 13.2 Å². The normalized spacial score (nSPS) is 11.3. The highest BCUT2D eigenvalue weighted by Crippen LogP contribution is 2.28. The third-order valence-corrected chi connectivity index (χ3v) is 4.70. The lowest BCUT2D eigenvalue weighted by Crippen LogP contribution is -2.16. The van der Waals surface area contributed by atoms with Crippen LogP contribution in [-0.4, -0.2) is 19.2 Å². The van der Waals surface area contributed by atoms with E-state index < -0.39 is 5.91 Å². The summed E-state index contributed by atoms with van der Waals surface area (Å²) in [6.07, 6.45) is 1.53. The Hall–Kier alpha value is -3.12. The van der Waals surface area contributed by atoms with Crippen molar-refractivity contribution in [2.75, 3.05) is 7.11 Å². The molecule has 1 N–H and O–H groups in total. The van der Waals surface area contributed by atoms with Crippen molar-refractivity contribution < 1.29 is 13.9 Å². The van der Waals surface area contributed by atoms with E-state index in [9.17, 15) is 4.79 Å². The molecule has 0 aliphatic carbocycles. The van der Waals surface area contributed by atoms with E-state index in [2.05, 4.69) is 26.5 Å². The summed E-state index contributed by atoms with van der Waals surface area (Å²) in [6.45, 7) is 0. The molecule has 0 atom stereocenters. The lowest BCUT2D eigenvalue weighted by atomic mass is 10.1. The maximum Gasteiger partial charge on any atom is 0.307 e. The van der Waals surface area contributed by atoms with Crippen LogP contribution in [0.1, 0.15) is 16.1 Å². The maximum absolute atomic E-state index is 12.4. The van der Waals surface area contributed by atoms with Crippen LogP contribution in [0.3, 0.4) is 0 Å². The van der Waals surface area contributed by atoms with Crippen LogP contribution in [0, 0.1) is 0 Å². The summed E-state index contributed by atoms with van der Waals surface area (Å²) >= 11 is 3.40. The summed E-state index contributed by atoms with van der Waals surface area (Å²) in [5.41, 5.74) is 3.90. The minimum absolute atomic E-state index is 0.208. The summed E-state index contributed by atoms with van der Waals surface area (Å²) in [5, 5.41) is 7.05. The Bertz CT molecular complexity index is 1180. The number of carbonyl (C=O) groups is 1. The number of fused-ring (bicyclic) bond motifs is 3. The molecular weight excluding hydrogens is 408 g/mol. The number of carbonyl (C=O) groups excluding carboxylic acids is 1. The number of benzene rings is 3. The predicted octanol–water partition coefficient (Wildman–Crippen LogP) is 5.12. The molecule has 0 aliphatic heterocycles. The highest BCUT2D eigenvalue weighted by Gasteiger charge is 2.13. The minimum Gasteiger partial charge on any atom is -0.496 e. The first kappa shape index (κ1) is 17.3. The van der Waals surface area contributed by atoms with Crippen molar-refractivity contribution in [1.82, 2.24) is 5.43 Å². The van der Waals surface area contributed by atoms with Crippen LogP contribution >= 0.6 is 15.9 Å². The molecule has 0 spiro atoms. The number of rotatable bonds is 4. The van der Waals surface area contributed by atoms with E-state index in [1.807, 2.05) is 54.6 Å². The van der Waals surface area contributed by atoms with Gasteiger partial charge < -0.3 is 9.15 Å². The van der Waals surface area contributed by atoms with Crippen LogP contribution in [0.15, 0.2) is 74.7 Å². The number of amides is 1. The van der Waals surface area contributed by atoms with E-state index in [1.165, 1.54) is 6.21 Å². The summed E-state index contributed by atoms with van der Waals surface area (Å²) in [4.78, 5) is 12.4. The Balaban J connectivity index is 1.58. The second-order valence-corrected chi connectivity index (χ2v) is 6.81. The van der Waals surface area contributed by atoms with Crippen molar-refractivity contribution in [2.24, 2.45) is 5.10 Å². The highest BCUT2D eigenvalue weighted by atomic mass is 79.9. The van der Waals surface area contributed by atoms with Crippen molar-refractivity contribution in [3.8, 4) is 5.75 Å². The van der Waals surface area contributed by atoms with E-state index in [0.29, 0.717) is 11.3 Å². The average Bonchev–Trinajstić information content (AvgIpc) is 3.13. The van der Waals surface area contributed by atoms with Gasteiger partial charge in [0.1, 0.15) is 11.3 Å². The quantitative estimate of drug-likeness (QED) is 0.366. The van der Waals surface area contributed by atoms with Gasteiger partial charge in [-0.25, -0.2) is 5.43 Å². The summed E-state index contributed by atoms with van der Waals surface area (Å²) in [6, 6.07) is 19.1. The molecule has 0 radical (unpaired) electrons. The van der Waals surface area contributed by atoms with Gasteiger partial charge in [0.05, 0.1) is 13.3 Å². The number of methoxy groups -OCH3 is 1. The molecule has 0 fully saturated rings. The Labute approximate surface area is 163 Å². The Kier molecular flexibility index (Phi) is 4.64. The van der Waals surface area contributed by atoms with Gasteiger partial charge in [0, 0.05) is 15.4 Å². The molecule has 0 aliphatic rings. The molecule has 4 aromatic rings. The molecule has 5 nitrogen and oxygen atoms in total. The first-order valence-electron chi connectivity index (χ1n) is 8.24. The van der Waals surface area contributed by atoms with Crippen LogP contribution in [-0.2, 0) is 0 Å². The van der Waals surface area contributed by atoms with Crippen molar-refractivity contribution in [3.63, 3.8) is 0 Å². The molecule has 0 bridgehead atoms. The molecule has 1 aromatic heterocycles. The molecule has 0 saturated heterocycles. The average molecular weight is 423 g/mol. The molecule has 3 aromatic carbocycles. The zero-order valence-electron chi connectivity index (χ0n) is 14.4. The lowest BCUT2D eigenvalue weighted by molar-refractivity contribution is 0.0929. The van der Waals surface area contributed by atoms with Gasteiger partial charge in [0.25, 0.3) is 0 Å². The first-order chi connectivity index (χ1) is 13.2. The SMILES string of the molecule is COc1ccc(Br)cc1/C=N\NC(=O)c1cc2c(ccc3ccccc32)o1. The molecule has 27 heavy (non-hydrogen) atoms. The van der Waals surface area contributed by atoms with Crippen LogP contribution in [0.2, 0.25) is 0 Å². The largest absolute Gasteiger partial charge is 0.496 e. The first-order valence-corrected chi connectivity index (χ1v) is 9.03. The summed E-state index contributed by atoms with van der Waals surface area (Å²) in [7, 11) is 1.58. The number of halogens is 1. The van der Waals surface area contributed by atoms with Gasteiger partial charge in [-0.2, -0.15) is 5.10 Å². The number of hydrogen-bond donors (Lipinski definition) is 1. The molecule has 0 unspecified atom stereocenters. The third-order valence-electron chi connectivity index (χ3n) is 4.21. The topological polar surface area (TPSA) is 63.8 Å². The third kappa shape index (κ3) is 3.44. The van der Waals surface area contributed by atoms with Crippen molar-refractivity contribution >= 4 is 49.8 Å². The lowest BCUT2D eigenvalue weighted by Gasteiger charge is -2.04. The van der Waals surface area contributed by atoms with E-state index >= 15 is 0 Å². The second-order valence-electron chi connectivity index (χ2n) is 5.89. The number of nitrogens with one attached hydrogen (secondary N) is 1. The van der Waals surface area contributed by atoms with Crippen LogP contribution in [0.5, 0.6) is 5.75 Å². The van der Waals surface area contributed by atoms with Crippen molar-refractivity contribution in [2.45, 2.75) is 0 Å². The van der Waals surface area contributed by atoms with Gasteiger partial charge >= 0.3 is 5.91 Å². The Morgan fingerprint density at radius 1 is 1.11 bits per heavy atom. The fourth-order valence-corrected chi connectivity index (χ4v) is 3.30. The second kappa shape index (κ2) is 7.25. The Morgan fingerprint density at radius 3 is 2.81 bits per heavy atom. The number of furan rings is 1. The van der Waals surface area contributed by atoms with Gasteiger partial charge in [-0.1, -0.05) is 46.3 Å². The standard InChI is InChI=1S/C21H15BrN2O3/c1-26-18-9-7-15(22)10-14(18)12-23-24-21(25)20-11-17-16-5-3-2-4-13(16)6-8-19(17)27-20/h2-12H,1H3,(H,24,25)/b23-12-. The van der Waals surface area contributed by atoms with Gasteiger partial charge in [-0.05, 0) is 41.1 Å². The highest BCUT2D eigenvalue weighted by molar-refractivity contribution is 9.10. The van der Waals surface area contributed by atoms with Gasteiger partial charge in [0.15, 0.2) is 5.76 Å². The number of hydrogen-bond acceptors (Lipinski definition) is 4. The Morgan fingerprint density at radius 2 is 1.96 bits per heavy atom. The fraction of sp³-hybridized carbons (Fsp3) is 0.0476. The maximum atomic E-state index is 12.4. The molecular formula is C21H15BrN2O3. The number of nitrogens with zero attached hydrogens (tertiary/aromatic N) is 1. The fourth-order valence-electron chi connectivity index (χ4n) is 2.93.